The van der Waals surface area contributed by atoms with Gasteiger partial charge in [-0.15, -0.1) is 0 Å². The molecule has 0 aliphatic carbocycles. The van der Waals surface area contributed by atoms with Crippen LogP contribution in [0.1, 0.15) is 20.3 Å². The Bertz CT molecular complexity index is 554. The molecule has 0 radical (unpaired) electrons. The average Bonchev–Trinajstić information content (AvgIpc) is 2.46. The quantitative estimate of drug-likeness (QED) is 0.590. The molecule has 0 saturated carbocycles. The first-order valence-corrected chi connectivity index (χ1v) is 7.46. The number of hydrogen-bond acceptors (Lipinski definition) is 5. The summed E-state index contributed by atoms with van der Waals surface area (Å²) in [5.41, 5.74) is 0.155. The molecule has 0 amide bonds. The van der Waals surface area contributed by atoms with Gasteiger partial charge in [-0.2, -0.15) is 8.78 Å². The third-order valence-electron chi connectivity index (χ3n) is 3.66. The van der Waals surface area contributed by atoms with E-state index < -0.39 is 23.0 Å². The number of rotatable bonds is 6. The Labute approximate surface area is 133 Å². The summed E-state index contributed by atoms with van der Waals surface area (Å²) in [6.45, 7) is 2.74. The zero-order valence-electron chi connectivity index (χ0n) is 13.1. The van der Waals surface area contributed by atoms with Crippen molar-refractivity contribution in [2.45, 2.75) is 32.9 Å². The van der Waals surface area contributed by atoms with E-state index in [0.29, 0.717) is 31.4 Å². The summed E-state index contributed by atoms with van der Waals surface area (Å²) in [6, 6.07) is 4.18. The largest absolute Gasteiger partial charge is 0.427 e. The number of nitro groups is 1. The standard InChI is InChI=1S/C15H20F2N2O4/c1-10(2)7-12-9-22-6-5-18(12)11-3-4-13(19(20)21)14(8-11)23-15(16)17/h3-4,8,10,12,15H,5-7,9H2,1-2H3. The Morgan fingerprint density at radius 1 is 1.48 bits per heavy atom. The van der Waals surface area contributed by atoms with E-state index in [0.717, 1.165) is 6.42 Å². The van der Waals surface area contributed by atoms with Gasteiger partial charge < -0.3 is 14.4 Å². The predicted molar refractivity (Wildman–Crippen MR) is 81.1 cm³/mol. The van der Waals surface area contributed by atoms with Gasteiger partial charge in [0.25, 0.3) is 0 Å². The molecule has 1 atom stereocenters. The molecule has 1 heterocycles. The zero-order chi connectivity index (χ0) is 17.0. The fraction of sp³-hybridized carbons (Fsp3) is 0.600. The lowest BCUT2D eigenvalue weighted by atomic mass is 10.0. The SMILES string of the molecule is CC(C)CC1COCCN1c1ccc([N+](=O)[O-])c(OC(F)F)c1. The third kappa shape index (κ3) is 4.51. The van der Waals surface area contributed by atoms with Crippen LogP contribution in [0.25, 0.3) is 0 Å². The number of benzene rings is 1. The summed E-state index contributed by atoms with van der Waals surface area (Å²) >= 11 is 0. The van der Waals surface area contributed by atoms with Gasteiger partial charge in [0.05, 0.1) is 24.2 Å². The van der Waals surface area contributed by atoms with E-state index in [1.165, 1.54) is 12.1 Å². The summed E-state index contributed by atoms with van der Waals surface area (Å²) in [4.78, 5) is 12.3. The first-order chi connectivity index (χ1) is 10.9. The van der Waals surface area contributed by atoms with Gasteiger partial charge in [0.15, 0.2) is 0 Å². The minimum Gasteiger partial charge on any atom is -0.427 e. The normalized spacial score (nSPS) is 18.5. The number of anilines is 1. The monoisotopic (exact) mass is 330 g/mol. The lowest BCUT2D eigenvalue weighted by Crippen LogP contribution is -2.46. The number of nitrogens with zero attached hydrogens (tertiary/aromatic N) is 2. The zero-order valence-corrected chi connectivity index (χ0v) is 13.1. The minimum atomic E-state index is -3.11. The smallest absolute Gasteiger partial charge is 0.387 e. The molecule has 1 aliphatic rings. The molecule has 23 heavy (non-hydrogen) atoms. The molecule has 1 aromatic rings. The number of nitro benzene ring substituents is 1. The van der Waals surface area contributed by atoms with Crippen molar-refractivity contribution in [1.29, 1.82) is 0 Å². The molecular formula is C15H20F2N2O4. The lowest BCUT2D eigenvalue weighted by Gasteiger charge is -2.38. The highest BCUT2D eigenvalue weighted by Gasteiger charge is 2.27. The van der Waals surface area contributed by atoms with E-state index in [4.69, 9.17) is 4.74 Å². The van der Waals surface area contributed by atoms with Gasteiger partial charge in [-0.3, -0.25) is 10.1 Å². The number of morpholine rings is 1. The van der Waals surface area contributed by atoms with Crippen LogP contribution in [0.2, 0.25) is 0 Å². The van der Waals surface area contributed by atoms with Gasteiger partial charge in [0, 0.05) is 24.4 Å². The second-order valence-electron chi connectivity index (χ2n) is 5.84. The molecule has 1 fully saturated rings. The molecular weight excluding hydrogens is 310 g/mol. The van der Waals surface area contributed by atoms with E-state index in [2.05, 4.69) is 18.6 Å². The number of ether oxygens (including phenoxy) is 2. The molecule has 1 aliphatic heterocycles. The van der Waals surface area contributed by atoms with Gasteiger partial charge in [0.1, 0.15) is 0 Å². The number of halogens is 2. The Morgan fingerprint density at radius 2 is 2.22 bits per heavy atom. The van der Waals surface area contributed by atoms with Crippen LogP contribution in [0.15, 0.2) is 18.2 Å². The third-order valence-corrected chi connectivity index (χ3v) is 3.66. The maximum Gasteiger partial charge on any atom is 0.387 e. The van der Waals surface area contributed by atoms with Gasteiger partial charge in [-0.05, 0) is 18.4 Å². The van der Waals surface area contributed by atoms with E-state index in [-0.39, 0.29) is 6.04 Å². The van der Waals surface area contributed by atoms with E-state index in [9.17, 15) is 18.9 Å². The molecule has 0 spiro atoms. The highest BCUT2D eigenvalue weighted by molar-refractivity contribution is 5.60. The second-order valence-corrected chi connectivity index (χ2v) is 5.84. The molecule has 1 unspecified atom stereocenters. The van der Waals surface area contributed by atoms with Crippen molar-refractivity contribution in [3.63, 3.8) is 0 Å². The summed E-state index contributed by atoms with van der Waals surface area (Å²) in [6.07, 6.45) is 0.877. The number of hydrogen-bond donors (Lipinski definition) is 0. The van der Waals surface area contributed by atoms with Crippen molar-refractivity contribution >= 4 is 11.4 Å². The van der Waals surface area contributed by atoms with Gasteiger partial charge in [0.2, 0.25) is 5.75 Å². The minimum absolute atomic E-state index is 0.101. The predicted octanol–water partition coefficient (Wildman–Crippen LogP) is 3.45. The highest BCUT2D eigenvalue weighted by Crippen LogP contribution is 2.34. The topological polar surface area (TPSA) is 64.8 Å². The van der Waals surface area contributed by atoms with Crippen LogP contribution in [0, 0.1) is 16.0 Å². The summed E-state index contributed by atoms with van der Waals surface area (Å²) in [5.74, 6) is 0.0244. The molecule has 0 N–H and O–H groups in total. The molecule has 8 heteroatoms. The Kier molecular flexibility index (Phi) is 5.70. The van der Waals surface area contributed by atoms with E-state index >= 15 is 0 Å². The van der Waals surface area contributed by atoms with Crippen LogP contribution < -0.4 is 9.64 Å². The van der Waals surface area contributed by atoms with Crippen molar-refractivity contribution in [1.82, 2.24) is 0 Å². The summed E-state index contributed by atoms with van der Waals surface area (Å²) < 4.78 is 34.8. The van der Waals surface area contributed by atoms with Crippen molar-refractivity contribution in [3.8, 4) is 5.75 Å². The maximum atomic E-state index is 12.5. The molecule has 1 saturated heterocycles. The highest BCUT2D eigenvalue weighted by atomic mass is 19.3. The van der Waals surface area contributed by atoms with Crippen molar-refractivity contribution in [3.05, 3.63) is 28.3 Å². The van der Waals surface area contributed by atoms with E-state index in [1.807, 2.05) is 4.90 Å². The van der Waals surface area contributed by atoms with Gasteiger partial charge in [-0.1, -0.05) is 13.8 Å². The van der Waals surface area contributed by atoms with Crippen molar-refractivity contribution in [2.75, 3.05) is 24.7 Å². The lowest BCUT2D eigenvalue weighted by molar-refractivity contribution is -0.386. The molecule has 2 rings (SSSR count). The fourth-order valence-electron chi connectivity index (χ4n) is 2.76. The van der Waals surface area contributed by atoms with Crippen molar-refractivity contribution < 1.29 is 23.2 Å². The van der Waals surface area contributed by atoms with Crippen LogP contribution in [-0.4, -0.2) is 37.3 Å². The van der Waals surface area contributed by atoms with Gasteiger partial charge >= 0.3 is 12.3 Å². The molecule has 0 aromatic heterocycles. The summed E-state index contributed by atoms with van der Waals surface area (Å²) in [7, 11) is 0. The second kappa shape index (κ2) is 7.54. The first-order valence-electron chi connectivity index (χ1n) is 7.46. The van der Waals surface area contributed by atoms with Crippen LogP contribution in [-0.2, 0) is 4.74 Å². The van der Waals surface area contributed by atoms with Crippen LogP contribution in [0.5, 0.6) is 5.75 Å². The van der Waals surface area contributed by atoms with E-state index in [1.54, 1.807) is 6.07 Å². The molecule has 128 valence electrons. The Morgan fingerprint density at radius 3 is 2.83 bits per heavy atom. The summed E-state index contributed by atoms with van der Waals surface area (Å²) in [5, 5.41) is 10.9. The Hall–Kier alpha value is -1.96. The fourth-order valence-corrected chi connectivity index (χ4v) is 2.76. The first kappa shape index (κ1) is 17.4. The van der Waals surface area contributed by atoms with Crippen molar-refractivity contribution in [2.24, 2.45) is 5.92 Å². The number of alkyl halides is 2. The van der Waals surface area contributed by atoms with Crippen LogP contribution >= 0.6 is 0 Å². The molecule has 6 nitrogen and oxygen atoms in total. The van der Waals surface area contributed by atoms with Gasteiger partial charge in [-0.25, -0.2) is 0 Å². The molecule has 1 aromatic carbocycles. The maximum absolute atomic E-state index is 12.5. The average molecular weight is 330 g/mol. The Balaban J connectivity index is 2.31. The van der Waals surface area contributed by atoms with Crippen LogP contribution in [0.3, 0.4) is 0 Å². The van der Waals surface area contributed by atoms with Crippen LogP contribution in [0.4, 0.5) is 20.2 Å². The molecule has 0 bridgehead atoms.